The monoisotopic (exact) mass is 420 g/mol. The van der Waals surface area contributed by atoms with Crippen molar-refractivity contribution in [3.05, 3.63) is 0 Å². The van der Waals surface area contributed by atoms with E-state index in [-0.39, 0.29) is 26.4 Å². The number of ether oxygens (including phenoxy) is 4. The van der Waals surface area contributed by atoms with Crippen LogP contribution in [0.25, 0.3) is 0 Å². The van der Waals surface area contributed by atoms with Crippen LogP contribution in [0.2, 0.25) is 0 Å². The summed E-state index contributed by atoms with van der Waals surface area (Å²) in [5.74, 6) is -4.10. The molecule has 172 valence electrons. The molecule has 0 atom stereocenters. The molecule has 8 nitrogen and oxygen atoms in total. The van der Waals surface area contributed by atoms with Gasteiger partial charge in [-0.15, -0.1) is 0 Å². The number of rotatable bonds is 22. The number of carboxylic acids is 2. The molecule has 0 heterocycles. The fourth-order valence-electron chi connectivity index (χ4n) is 2.81. The summed E-state index contributed by atoms with van der Waals surface area (Å²) >= 11 is 0. The first-order valence-electron chi connectivity index (χ1n) is 10.8. The molecule has 0 rings (SSSR count). The largest absolute Gasteiger partial charge is 0.481 e. The van der Waals surface area contributed by atoms with Crippen LogP contribution in [-0.2, 0) is 28.5 Å². The lowest BCUT2D eigenvalue weighted by molar-refractivity contribution is -0.253. The molecule has 0 aliphatic heterocycles. The summed E-state index contributed by atoms with van der Waals surface area (Å²) in [6.45, 7) is 6.10. The Hall–Kier alpha value is -1.22. The SMILES string of the molecule is CCCCCCOCCOC(CC(=O)O)(CC(=O)O)OCCOCCCCCC. The van der Waals surface area contributed by atoms with Crippen molar-refractivity contribution in [1.29, 1.82) is 0 Å². The van der Waals surface area contributed by atoms with Crippen LogP contribution in [0.5, 0.6) is 0 Å². The molecule has 2 N–H and O–H groups in total. The second-order valence-electron chi connectivity index (χ2n) is 7.09. The highest BCUT2D eigenvalue weighted by Crippen LogP contribution is 2.23. The average Bonchev–Trinajstić information content (AvgIpc) is 2.65. The summed E-state index contributed by atoms with van der Waals surface area (Å²) in [6.07, 6.45) is 7.60. The van der Waals surface area contributed by atoms with Gasteiger partial charge in [-0.3, -0.25) is 9.59 Å². The summed E-state index contributed by atoms with van der Waals surface area (Å²) in [6, 6.07) is 0. The normalized spacial score (nSPS) is 11.7. The molecule has 29 heavy (non-hydrogen) atoms. The van der Waals surface area contributed by atoms with E-state index in [0.717, 1.165) is 51.4 Å². The molecule has 0 bridgehead atoms. The van der Waals surface area contributed by atoms with Crippen LogP contribution in [0.3, 0.4) is 0 Å². The van der Waals surface area contributed by atoms with Gasteiger partial charge in [-0.1, -0.05) is 52.4 Å². The molecule has 0 aliphatic carbocycles. The van der Waals surface area contributed by atoms with Crippen molar-refractivity contribution in [3.63, 3.8) is 0 Å². The highest BCUT2D eigenvalue weighted by Gasteiger charge is 2.38. The predicted octanol–water partition coefficient (Wildman–Crippen LogP) is 3.86. The molecule has 0 spiro atoms. The predicted molar refractivity (Wildman–Crippen MR) is 109 cm³/mol. The molecule has 0 fully saturated rings. The number of aliphatic carboxylic acids is 2. The molecule has 8 heteroatoms. The molecule has 0 saturated heterocycles. The molecule has 0 amide bonds. The molecule has 0 aromatic rings. The first kappa shape index (κ1) is 27.8. The summed E-state index contributed by atoms with van der Waals surface area (Å²) in [5, 5.41) is 18.4. The van der Waals surface area contributed by atoms with Crippen LogP contribution in [0.15, 0.2) is 0 Å². The highest BCUT2D eigenvalue weighted by molar-refractivity contribution is 5.72. The van der Waals surface area contributed by atoms with Gasteiger partial charge in [-0.05, 0) is 12.8 Å². The summed E-state index contributed by atoms with van der Waals surface area (Å²) < 4.78 is 22.1. The van der Waals surface area contributed by atoms with Crippen LogP contribution >= 0.6 is 0 Å². The van der Waals surface area contributed by atoms with Crippen molar-refractivity contribution >= 4 is 11.9 Å². The van der Waals surface area contributed by atoms with Crippen LogP contribution in [0.4, 0.5) is 0 Å². The fraction of sp³-hybridized carbons (Fsp3) is 0.905. The van der Waals surface area contributed by atoms with Gasteiger partial charge in [0.15, 0.2) is 5.79 Å². The van der Waals surface area contributed by atoms with E-state index in [1.54, 1.807) is 0 Å². The smallest absolute Gasteiger partial charge is 0.308 e. The zero-order valence-electron chi connectivity index (χ0n) is 18.2. The van der Waals surface area contributed by atoms with Gasteiger partial charge in [-0.25, -0.2) is 0 Å². The Balaban J connectivity index is 4.37. The first-order chi connectivity index (χ1) is 14.0. The highest BCUT2D eigenvalue weighted by atomic mass is 16.7. The number of carboxylic acid groups (broad SMARTS) is 2. The van der Waals surface area contributed by atoms with Crippen molar-refractivity contribution < 1.29 is 38.7 Å². The third-order valence-electron chi connectivity index (χ3n) is 4.31. The topological polar surface area (TPSA) is 112 Å². The van der Waals surface area contributed by atoms with Gasteiger partial charge in [-0.2, -0.15) is 0 Å². The Kier molecular flexibility index (Phi) is 18.0. The maximum Gasteiger partial charge on any atom is 0.308 e. The Morgan fingerprint density at radius 2 is 1.03 bits per heavy atom. The second-order valence-corrected chi connectivity index (χ2v) is 7.09. The lowest BCUT2D eigenvalue weighted by Crippen LogP contribution is -2.42. The van der Waals surface area contributed by atoms with E-state index in [0.29, 0.717) is 13.2 Å². The third kappa shape index (κ3) is 17.4. The maximum absolute atomic E-state index is 11.3. The lowest BCUT2D eigenvalue weighted by Gasteiger charge is -2.31. The molecular formula is C21H40O8. The lowest BCUT2D eigenvalue weighted by atomic mass is 10.1. The van der Waals surface area contributed by atoms with Crippen molar-refractivity contribution in [2.75, 3.05) is 39.6 Å². The van der Waals surface area contributed by atoms with Crippen molar-refractivity contribution in [2.45, 2.75) is 83.8 Å². The van der Waals surface area contributed by atoms with Gasteiger partial charge in [0, 0.05) is 13.2 Å². The van der Waals surface area contributed by atoms with Gasteiger partial charge in [0.25, 0.3) is 0 Å². The van der Waals surface area contributed by atoms with E-state index in [1.165, 1.54) is 0 Å². The standard InChI is InChI=1S/C21H40O8/c1-3-5-7-9-11-26-13-15-28-21(17-19(22)23,18-20(24)25)29-16-14-27-12-10-8-6-4-2/h3-18H2,1-2H3,(H,22,23)(H,24,25). The summed E-state index contributed by atoms with van der Waals surface area (Å²) in [4.78, 5) is 22.5. The Morgan fingerprint density at radius 3 is 1.38 bits per heavy atom. The van der Waals surface area contributed by atoms with E-state index in [2.05, 4.69) is 13.8 Å². The number of hydrogen-bond donors (Lipinski definition) is 2. The molecule has 0 unspecified atom stereocenters. The fourth-order valence-corrected chi connectivity index (χ4v) is 2.81. The maximum atomic E-state index is 11.3. The molecule has 0 aromatic heterocycles. The van der Waals surface area contributed by atoms with Crippen molar-refractivity contribution in [2.24, 2.45) is 0 Å². The van der Waals surface area contributed by atoms with Gasteiger partial charge in [0.05, 0.1) is 39.3 Å². The molecule has 0 saturated carbocycles. The summed E-state index contributed by atoms with van der Waals surface area (Å²) in [7, 11) is 0. The number of unbranched alkanes of at least 4 members (excludes halogenated alkanes) is 6. The quantitative estimate of drug-likeness (QED) is 0.201. The minimum atomic E-state index is -1.73. The van der Waals surface area contributed by atoms with Gasteiger partial charge >= 0.3 is 11.9 Å². The van der Waals surface area contributed by atoms with Gasteiger partial charge < -0.3 is 29.2 Å². The second kappa shape index (κ2) is 18.8. The van der Waals surface area contributed by atoms with E-state index in [1.807, 2.05) is 0 Å². The number of hydrogen-bond acceptors (Lipinski definition) is 6. The van der Waals surface area contributed by atoms with Crippen LogP contribution in [0, 0.1) is 0 Å². The van der Waals surface area contributed by atoms with E-state index >= 15 is 0 Å². The van der Waals surface area contributed by atoms with Crippen LogP contribution in [0.1, 0.15) is 78.1 Å². The molecule has 0 radical (unpaired) electrons. The molecule has 0 aliphatic rings. The Labute approximate surface area is 174 Å². The van der Waals surface area contributed by atoms with Crippen LogP contribution < -0.4 is 0 Å². The molecular weight excluding hydrogens is 380 g/mol. The molecule has 0 aromatic carbocycles. The summed E-state index contributed by atoms with van der Waals surface area (Å²) in [5.41, 5.74) is 0. The van der Waals surface area contributed by atoms with Gasteiger partial charge in [0.1, 0.15) is 0 Å². The van der Waals surface area contributed by atoms with Crippen molar-refractivity contribution in [3.8, 4) is 0 Å². The minimum absolute atomic E-state index is 0.0617. The zero-order chi connectivity index (χ0) is 21.8. The van der Waals surface area contributed by atoms with Crippen LogP contribution in [-0.4, -0.2) is 67.6 Å². The Bertz CT molecular complexity index is 375. The first-order valence-corrected chi connectivity index (χ1v) is 10.8. The minimum Gasteiger partial charge on any atom is -0.481 e. The average molecular weight is 421 g/mol. The van der Waals surface area contributed by atoms with E-state index < -0.39 is 30.6 Å². The van der Waals surface area contributed by atoms with E-state index in [4.69, 9.17) is 18.9 Å². The van der Waals surface area contributed by atoms with Gasteiger partial charge in [0.2, 0.25) is 0 Å². The third-order valence-corrected chi connectivity index (χ3v) is 4.31. The van der Waals surface area contributed by atoms with E-state index in [9.17, 15) is 19.8 Å². The number of carbonyl (C=O) groups is 2. The zero-order valence-corrected chi connectivity index (χ0v) is 18.2. The van der Waals surface area contributed by atoms with Crippen molar-refractivity contribution in [1.82, 2.24) is 0 Å². The Morgan fingerprint density at radius 1 is 0.621 bits per heavy atom.